The molecule has 0 heterocycles. The molecule has 0 spiro atoms. The highest BCUT2D eigenvalue weighted by Gasteiger charge is 2.07. The van der Waals surface area contributed by atoms with Gasteiger partial charge in [0.05, 0.1) is 12.8 Å². The average Bonchev–Trinajstić information content (AvgIpc) is 2.10. The maximum atomic E-state index is 13.2. The van der Waals surface area contributed by atoms with Crippen LogP contribution in [0.2, 0.25) is 0 Å². The lowest BCUT2D eigenvalue weighted by molar-refractivity contribution is 0.415. The molecule has 1 aromatic rings. The van der Waals surface area contributed by atoms with Gasteiger partial charge in [-0.25, -0.2) is 4.39 Å². The molecule has 0 bridgehead atoms. The highest BCUT2D eigenvalue weighted by atomic mass is 32.1. The number of nitrogens with two attached hydrogens (primary N) is 1. The number of halogens is 1. The first-order chi connectivity index (χ1) is 6.54. The van der Waals surface area contributed by atoms with Gasteiger partial charge in [0, 0.05) is 6.07 Å². The molecule has 0 unspecified atom stereocenters. The zero-order chi connectivity index (χ0) is 10.7. The van der Waals surface area contributed by atoms with Crippen molar-refractivity contribution in [2.24, 2.45) is 5.73 Å². The van der Waals surface area contributed by atoms with E-state index >= 15 is 0 Å². The van der Waals surface area contributed by atoms with Crippen LogP contribution in [0.15, 0.2) is 12.1 Å². The van der Waals surface area contributed by atoms with E-state index in [2.05, 4.69) is 17.5 Å². The molecule has 76 valence electrons. The zero-order valence-electron chi connectivity index (χ0n) is 7.93. The van der Waals surface area contributed by atoms with Crippen molar-refractivity contribution >= 4 is 23.0 Å². The van der Waals surface area contributed by atoms with Gasteiger partial charge in [0.15, 0.2) is 5.11 Å². The molecule has 0 radical (unpaired) electrons. The highest BCUT2D eigenvalue weighted by Crippen LogP contribution is 2.27. The Labute approximate surface area is 87.1 Å². The van der Waals surface area contributed by atoms with Crippen molar-refractivity contribution in [2.45, 2.75) is 6.92 Å². The maximum Gasteiger partial charge on any atom is 0.168 e. The number of hydrogen-bond acceptors (Lipinski definition) is 2. The molecule has 0 saturated carbocycles. The van der Waals surface area contributed by atoms with Gasteiger partial charge < -0.3 is 15.8 Å². The summed E-state index contributed by atoms with van der Waals surface area (Å²) < 4.78 is 18.2. The Balaban J connectivity index is 3.13. The van der Waals surface area contributed by atoms with Crippen LogP contribution in [0.4, 0.5) is 10.1 Å². The number of methoxy groups -OCH3 is 1. The van der Waals surface area contributed by atoms with E-state index in [-0.39, 0.29) is 10.9 Å². The number of nitrogens with one attached hydrogen (secondary N) is 1. The van der Waals surface area contributed by atoms with Crippen molar-refractivity contribution in [1.82, 2.24) is 0 Å². The predicted octanol–water partition coefficient (Wildman–Crippen LogP) is 1.80. The van der Waals surface area contributed by atoms with Crippen molar-refractivity contribution in [1.29, 1.82) is 0 Å². The molecule has 5 heteroatoms. The molecule has 0 atom stereocenters. The molecule has 0 amide bonds. The van der Waals surface area contributed by atoms with Gasteiger partial charge in [0.2, 0.25) is 0 Å². The van der Waals surface area contributed by atoms with Gasteiger partial charge in [-0.05, 0) is 30.8 Å². The highest BCUT2D eigenvalue weighted by molar-refractivity contribution is 7.80. The summed E-state index contributed by atoms with van der Waals surface area (Å²) in [7, 11) is 1.50. The SMILES string of the molecule is COc1cc(C)c(F)cc1NC(N)=S. The van der Waals surface area contributed by atoms with Crippen LogP contribution in [0.1, 0.15) is 5.56 Å². The fourth-order valence-electron chi connectivity index (χ4n) is 1.05. The molecule has 1 aromatic carbocycles. The zero-order valence-corrected chi connectivity index (χ0v) is 8.74. The molecule has 0 aromatic heterocycles. The molecule has 1 rings (SSSR count). The van der Waals surface area contributed by atoms with Crippen molar-refractivity contribution in [3.63, 3.8) is 0 Å². The van der Waals surface area contributed by atoms with Crippen LogP contribution in [0, 0.1) is 12.7 Å². The van der Waals surface area contributed by atoms with Crippen LogP contribution in [-0.4, -0.2) is 12.2 Å². The van der Waals surface area contributed by atoms with Crippen molar-refractivity contribution < 1.29 is 9.13 Å². The van der Waals surface area contributed by atoms with E-state index in [9.17, 15) is 4.39 Å². The summed E-state index contributed by atoms with van der Waals surface area (Å²) >= 11 is 4.65. The minimum absolute atomic E-state index is 0.0755. The number of hydrogen-bond donors (Lipinski definition) is 2. The molecule has 14 heavy (non-hydrogen) atoms. The number of rotatable bonds is 2. The Morgan fingerprint density at radius 1 is 1.57 bits per heavy atom. The van der Waals surface area contributed by atoms with Gasteiger partial charge in [-0.15, -0.1) is 0 Å². The van der Waals surface area contributed by atoms with E-state index in [1.54, 1.807) is 13.0 Å². The third-order valence-corrected chi connectivity index (χ3v) is 1.84. The lowest BCUT2D eigenvalue weighted by Gasteiger charge is -2.10. The minimum Gasteiger partial charge on any atom is -0.495 e. The molecule has 3 N–H and O–H groups in total. The number of ether oxygens (including phenoxy) is 1. The molecule has 0 aliphatic heterocycles. The van der Waals surface area contributed by atoms with Gasteiger partial charge in [-0.1, -0.05) is 0 Å². The molecule has 3 nitrogen and oxygen atoms in total. The van der Waals surface area contributed by atoms with E-state index in [4.69, 9.17) is 10.5 Å². The summed E-state index contributed by atoms with van der Waals surface area (Å²) in [6.45, 7) is 1.66. The molecule has 0 fully saturated rings. The first-order valence-electron chi connectivity index (χ1n) is 3.95. The van der Waals surface area contributed by atoms with Crippen LogP contribution in [0.5, 0.6) is 5.75 Å². The lowest BCUT2D eigenvalue weighted by atomic mass is 10.2. The molecular formula is C9H11FN2OS. The summed E-state index contributed by atoms with van der Waals surface area (Å²) in [5.41, 5.74) is 6.22. The van der Waals surface area contributed by atoms with Crippen LogP contribution in [0.3, 0.4) is 0 Å². The third-order valence-electron chi connectivity index (χ3n) is 1.74. The fourth-order valence-corrected chi connectivity index (χ4v) is 1.16. The summed E-state index contributed by atoms with van der Waals surface area (Å²) in [5, 5.41) is 2.71. The normalized spacial score (nSPS) is 9.64. The second-order valence-corrected chi connectivity index (χ2v) is 3.23. The number of benzene rings is 1. The molecule has 0 saturated heterocycles. The molecule has 0 aliphatic carbocycles. The van der Waals surface area contributed by atoms with E-state index < -0.39 is 0 Å². The largest absolute Gasteiger partial charge is 0.495 e. The van der Waals surface area contributed by atoms with E-state index in [1.807, 2.05) is 0 Å². The summed E-state index contributed by atoms with van der Waals surface area (Å²) in [6, 6.07) is 2.88. The topological polar surface area (TPSA) is 47.3 Å². The van der Waals surface area contributed by atoms with Gasteiger partial charge in [-0.2, -0.15) is 0 Å². The maximum absolute atomic E-state index is 13.2. The summed E-state index contributed by atoms with van der Waals surface area (Å²) in [5.74, 6) is 0.182. The minimum atomic E-state index is -0.329. The van der Waals surface area contributed by atoms with E-state index in [0.29, 0.717) is 17.0 Å². The first-order valence-corrected chi connectivity index (χ1v) is 4.36. The quantitative estimate of drug-likeness (QED) is 0.737. The molecular weight excluding hydrogens is 203 g/mol. The summed E-state index contributed by atoms with van der Waals surface area (Å²) in [6.07, 6.45) is 0. The van der Waals surface area contributed by atoms with Crippen LogP contribution in [-0.2, 0) is 0 Å². The Kier molecular flexibility index (Phi) is 3.24. The van der Waals surface area contributed by atoms with Gasteiger partial charge >= 0.3 is 0 Å². The van der Waals surface area contributed by atoms with Gasteiger partial charge in [0.1, 0.15) is 11.6 Å². The monoisotopic (exact) mass is 214 g/mol. The van der Waals surface area contributed by atoms with Crippen molar-refractivity contribution in [2.75, 3.05) is 12.4 Å². The second-order valence-electron chi connectivity index (χ2n) is 2.79. The predicted molar refractivity (Wildman–Crippen MR) is 58.1 cm³/mol. The van der Waals surface area contributed by atoms with Gasteiger partial charge in [-0.3, -0.25) is 0 Å². The van der Waals surface area contributed by atoms with Crippen LogP contribution >= 0.6 is 12.2 Å². The number of anilines is 1. The fraction of sp³-hybridized carbons (Fsp3) is 0.222. The van der Waals surface area contributed by atoms with E-state index in [0.717, 1.165) is 0 Å². The molecule has 0 aliphatic rings. The first kappa shape index (κ1) is 10.7. The van der Waals surface area contributed by atoms with Crippen molar-refractivity contribution in [3.05, 3.63) is 23.5 Å². The Bertz CT molecular complexity index is 368. The Morgan fingerprint density at radius 3 is 2.71 bits per heavy atom. The van der Waals surface area contributed by atoms with E-state index in [1.165, 1.54) is 13.2 Å². The smallest absolute Gasteiger partial charge is 0.168 e. The summed E-state index contributed by atoms with van der Waals surface area (Å²) in [4.78, 5) is 0. The lowest BCUT2D eigenvalue weighted by Crippen LogP contribution is -2.19. The Hall–Kier alpha value is -1.36. The van der Waals surface area contributed by atoms with Crippen molar-refractivity contribution in [3.8, 4) is 5.75 Å². The van der Waals surface area contributed by atoms with Crippen LogP contribution in [0.25, 0.3) is 0 Å². The third kappa shape index (κ3) is 2.32. The second kappa shape index (κ2) is 4.23. The average molecular weight is 214 g/mol. The standard InChI is InChI=1S/C9H11FN2OS/c1-5-3-8(13-2)7(4-6(5)10)12-9(11)14/h3-4H,1-2H3,(H3,11,12,14). The van der Waals surface area contributed by atoms with Crippen LogP contribution < -0.4 is 15.8 Å². The Morgan fingerprint density at radius 2 is 2.21 bits per heavy atom. The van der Waals surface area contributed by atoms with Gasteiger partial charge in [0.25, 0.3) is 0 Å². The number of thiocarbonyl (C=S) groups is 1. The number of aryl methyl sites for hydroxylation is 1.